The summed E-state index contributed by atoms with van der Waals surface area (Å²) in [4.78, 5) is 12.1. The molecular formula is C19H21ClO5S. The number of esters is 1. The van der Waals surface area contributed by atoms with Crippen molar-refractivity contribution in [3.63, 3.8) is 0 Å². The van der Waals surface area contributed by atoms with Crippen LogP contribution in [-0.4, -0.2) is 27.1 Å². The molecule has 0 aliphatic rings. The summed E-state index contributed by atoms with van der Waals surface area (Å²) in [6.07, 6.45) is 0.289. The van der Waals surface area contributed by atoms with Crippen LogP contribution in [0.1, 0.15) is 25.3 Å². The quantitative estimate of drug-likeness (QED) is 0.473. The third kappa shape index (κ3) is 6.12. The zero-order valence-corrected chi connectivity index (χ0v) is 16.0. The van der Waals surface area contributed by atoms with Gasteiger partial charge in [0.25, 0.3) is 10.1 Å². The van der Waals surface area contributed by atoms with Crippen LogP contribution < -0.4 is 0 Å². The van der Waals surface area contributed by atoms with Crippen LogP contribution in [0.5, 0.6) is 0 Å². The van der Waals surface area contributed by atoms with E-state index in [0.29, 0.717) is 17.9 Å². The fourth-order valence-corrected chi connectivity index (χ4v) is 3.59. The van der Waals surface area contributed by atoms with Gasteiger partial charge in [-0.3, -0.25) is 4.18 Å². The fraction of sp³-hybridized carbons (Fsp3) is 0.316. The van der Waals surface area contributed by atoms with E-state index in [4.69, 9.17) is 20.5 Å². The maximum Gasteiger partial charge on any atom is 0.336 e. The zero-order valence-electron chi connectivity index (χ0n) is 14.4. The summed E-state index contributed by atoms with van der Waals surface area (Å²) >= 11 is 5.86. The molecule has 140 valence electrons. The van der Waals surface area contributed by atoms with Crippen LogP contribution >= 0.6 is 11.6 Å². The number of carbonyl (C=O) groups excluding carboxylic acids is 1. The number of benzene rings is 2. The van der Waals surface area contributed by atoms with Crippen LogP contribution in [0, 0.1) is 0 Å². The van der Waals surface area contributed by atoms with Gasteiger partial charge in [0, 0.05) is 5.02 Å². The first-order valence-electron chi connectivity index (χ1n) is 8.32. The molecule has 1 atom stereocenters. The second-order valence-corrected chi connectivity index (χ2v) is 7.63. The average Bonchev–Trinajstić information content (AvgIpc) is 2.63. The van der Waals surface area contributed by atoms with E-state index < -0.39 is 22.2 Å². The molecule has 0 saturated carbocycles. The molecule has 2 aromatic rings. The number of hydrogen-bond donors (Lipinski definition) is 0. The molecule has 0 N–H and O–H groups in total. The Hall–Kier alpha value is -1.89. The number of rotatable bonds is 9. The van der Waals surface area contributed by atoms with E-state index in [2.05, 4.69) is 0 Å². The molecule has 0 aliphatic heterocycles. The van der Waals surface area contributed by atoms with Crippen LogP contribution in [0.15, 0.2) is 59.5 Å². The maximum absolute atomic E-state index is 12.4. The lowest BCUT2D eigenvalue weighted by atomic mass is 10.1. The van der Waals surface area contributed by atoms with E-state index in [1.54, 1.807) is 37.3 Å². The number of ether oxygens (including phenoxy) is 1. The Morgan fingerprint density at radius 3 is 2.35 bits per heavy atom. The first-order valence-corrected chi connectivity index (χ1v) is 10.1. The Balaban J connectivity index is 2.03. The molecule has 5 nitrogen and oxygen atoms in total. The summed E-state index contributed by atoms with van der Waals surface area (Å²) in [6.45, 7) is 1.82. The van der Waals surface area contributed by atoms with E-state index in [9.17, 15) is 13.2 Å². The summed E-state index contributed by atoms with van der Waals surface area (Å²) in [7, 11) is -4.04. The molecule has 2 aromatic carbocycles. The Kier molecular flexibility index (Phi) is 7.63. The van der Waals surface area contributed by atoms with Gasteiger partial charge in [0.1, 0.15) is 0 Å². The number of hydrogen-bond acceptors (Lipinski definition) is 5. The molecule has 2 rings (SSSR count). The van der Waals surface area contributed by atoms with Gasteiger partial charge in [0.15, 0.2) is 6.10 Å². The lowest BCUT2D eigenvalue weighted by molar-refractivity contribution is -0.151. The molecule has 0 amide bonds. The van der Waals surface area contributed by atoms with Gasteiger partial charge in [0.2, 0.25) is 0 Å². The van der Waals surface area contributed by atoms with Crippen molar-refractivity contribution in [2.75, 3.05) is 6.61 Å². The van der Waals surface area contributed by atoms with E-state index in [1.165, 1.54) is 12.1 Å². The normalized spacial score (nSPS) is 12.5. The molecule has 26 heavy (non-hydrogen) atoms. The lowest BCUT2D eigenvalue weighted by Crippen LogP contribution is -2.29. The van der Waals surface area contributed by atoms with Gasteiger partial charge in [-0.15, -0.1) is 0 Å². The maximum atomic E-state index is 12.4. The second kappa shape index (κ2) is 9.71. The highest BCUT2D eigenvalue weighted by Crippen LogP contribution is 2.19. The minimum Gasteiger partial charge on any atom is -0.464 e. The van der Waals surface area contributed by atoms with Crippen molar-refractivity contribution in [3.8, 4) is 0 Å². The lowest BCUT2D eigenvalue weighted by Gasteiger charge is -2.16. The van der Waals surface area contributed by atoms with Gasteiger partial charge in [-0.2, -0.15) is 8.42 Å². The van der Waals surface area contributed by atoms with Crippen LogP contribution in [0.3, 0.4) is 0 Å². The molecule has 0 spiro atoms. The van der Waals surface area contributed by atoms with Crippen molar-refractivity contribution in [1.82, 2.24) is 0 Å². The van der Waals surface area contributed by atoms with Crippen molar-refractivity contribution < 1.29 is 22.1 Å². The molecular weight excluding hydrogens is 376 g/mol. The highest BCUT2D eigenvalue weighted by Gasteiger charge is 2.28. The predicted octanol–water partition coefficient (Wildman–Crippen LogP) is 4.00. The predicted molar refractivity (Wildman–Crippen MR) is 99.5 cm³/mol. The van der Waals surface area contributed by atoms with Crippen molar-refractivity contribution in [3.05, 3.63) is 65.2 Å². The van der Waals surface area contributed by atoms with Crippen LogP contribution in [-0.2, 0) is 30.3 Å². The number of carbonyl (C=O) groups is 1. The highest BCUT2D eigenvalue weighted by molar-refractivity contribution is 7.86. The minimum absolute atomic E-state index is 0.00648. The van der Waals surface area contributed by atoms with Crippen LogP contribution in [0.25, 0.3) is 0 Å². The second-order valence-electron chi connectivity index (χ2n) is 5.62. The van der Waals surface area contributed by atoms with Crippen molar-refractivity contribution in [2.24, 2.45) is 0 Å². The molecule has 0 bridgehead atoms. The Morgan fingerprint density at radius 2 is 1.73 bits per heavy atom. The Morgan fingerprint density at radius 1 is 1.08 bits per heavy atom. The first kappa shape index (κ1) is 20.4. The monoisotopic (exact) mass is 396 g/mol. The third-order valence-corrected chi connectivity index (χ3v) is 5.26. The number of aryl methyl sites for hydroxylation is 1. The van der Waals surface area contributed by atoms with Gasteiger partial charge >= 0.3 is 5.97 Å². The highest BCUT2D eigenvalue weighted by atomic mass is 35.5. The van der Waals surface area contributed by atoms with E-state index in [1.807, 2.05) is 12.1 Å². The molecule has 0 heterocycles. The van der Waals surface area contributed by atoms with Gasteiger partial charge < -0.3 is 4.74 Å². The van der Waals surface area contributed by atoms with Gasteiger partial charge in [0.05, 0.1) is 11.5 Å². The average molecular weight is 397 g/mol. The van der Waals surface area contributed by atoms with E-state index in [-0.39, 0.29) is 17.9 Å². The molecule has 0 unspecified atom stereocenters. The standard InChI is InChI=1S/C19H21ClO5S/c1-2-24-19(21)18(10-6-7-15-11-13-16(20)14-12-15)25-26(22,23)17-8-4-3-5-9-17/h3-5,8-9,11-14,18H,2,6-7,10H2,1H3/t18-/m1/s1. The van der Waals surface area contributed by atoms with Gasteiger partial charge in [-0.1, -0.05) is 41.9 Å². The summed E-state index contributed by atoms with van der Waals surface area (Å²) in [6, 6.07) is 15.1. The molecule has 0 radical (unpaired) electrons. The molecule has 0 aromatic heterocycles. The largest absolute Gasteiger partial charge is 0.464 e. The fourth-order valence-electron chi connectivity index (χ4n) is 2.38. The smallest absolute Gasteiger partial charge is 0.336 e. The minimum atomic E-state index is -4.04. The summed E-state index contributed by atoms with van der Waals surface area (Å²) in [5.41, 5.74) is 1.04. The Labute approximate surface area is 159 Å². The van der Waals surface area contributed by atoms with Crippen LogP contribution in [0.4, 0.5) is 0 Å². The SMILES string of the molecule is CCOC(=O)[C@@H](CCCc1ccc(Cl)cc1)OS(=O)(=O)c1ccccc1. The topological polar surface area (TPSA) is 69.7 Å². The van der Waals surface area contributed by atoms with Gasteiger partial charge in [-0.25, -0.2) is 4.79 Å². The van der Waals surface area contributed by atoms with Crippen LogP contribution in [0.2, 0.25) is 5.02 Å². The molecule has 0 saturated heterocycles. The van der Waals surface area contributed by atoms with E-state index >= 15 is 0 Å². The number of halogens is 1. The Bertz CT molecular complexity index is 804. The van der Waals surface area contributed by atoms with Gasteiger partial charge in [-0.05, 0) is 56.0 Å². The summed E-state index contributed by atoms with van der Waals surface area (Å²) in [5.74, 6) is -0.678. The van der Waals surface area contributed by atoms with E-state index in [0.717, 1.165) is 5.56 Å². The van der Waals surface area contributed by atoms with Crippen molar-refractivity contribution >= 4 is 27.7 Å². The molecule has 0 fully saturated rings. The zero-order chi connectivity index (χ0) is 19.0. The first-order chi connectivity index (χ1) is 12.4. The molecule has 7 heteroatoms. The summed E-state index contributed by atoms with van der Waals surface area (Å²) < 4.78 is 34.9. The third-order valence-electron chi connectivity index (χ3n) is 3.67. The molecule has 0 aliphatic carbocycles. The summed E-state index contributed by atoms with van der Waals surface area (Å²) in [5, 5.41) is 0.649. The van der Waals surface area contributed by atoms with Crippen molar-refractivity contribution in [1.29, 1.82) is 0 Å². The van der Waals surface area contributed by atoms with Crippen molar-refractivity contribution in [2.45, 2.75) is 37.2 Å².